The fourth-order valence-electron chi connectivity index (χ4n) is 3.16. The maximum absolute atomic E-state index is 11.6. The number of rotatable bonds is 7. The first-order valence-corrected chi connectivity index (χ1v) is 11.0. The predicted octanol–water partition coefficient (Wildman–Crippen LogP) is 1.67. The second-order valence-corrected chi connectivity index (χ2v) is 8.37. The first kappa shape index (κ1) is 24.0. The number of para-hydroxylation sites is 1. The quantitative estimate of drug-likeness (QED) is 0.262. The maximum atomic E-state index is 11.6. The Labute approximate surface area is 180 Å². The molecule has 7 nitrogen and oxygen atoms in total. The SMILES string of the molecule is CCN(CCCNC(=NC)N1CCN(c2ccccc2)CC1)S(C)(=O)=O.I. The van der Waals surface area contributed by atoms with E-state index < -0.39 is 10.0 Å². The van der Waals surface area contributed by atoms with Crippen LogP contribution in [0.25, 0.3) is 0 Å². The summed E-state index contributed by atoms with van der Waals surface area (Å²) in [4.78, 5) is 9.02. The van der Waals surface area contributed by atoms with Crippen molar-refractivity contribution in [1.29, 1.82) is 0 Å². The van der Waals surface area contributed by atoms with Gasteiger partial charge in [-0.25, -0.2) is 12.7 Å². The second kappa shape index (κ2) is 11.7. The van der Waals surface area contributed by atoms with Crippen LogP contribution in [0.15, 0.2) is 35.3 Å². The molecular weight excluding hydrogens is 477 g/mol. The Kier molecular flexibility index (Phi) is 10.4. The first-order valence-electron chi connectivity index (χ1n) is 9.16. The van der Waals surface area contributed by atoms with Crippen LogP contribution in [0.1, 0.15) is 13.3 Å². The molecule has 0 aromatic heterocycles. The third-order valence-electron chi connectivity index (χ3n) is 4.60. The maximum Gasteiger partial charge on any atom is 0.211 e. The minimum absolute atomic E-state index is 0. The van der Waals surface area contributed by atoms with Gasteiger partial charge in [-0.05, 0) is 18.6 Å². The highest BCUT2D eigenvalue weighted by atomic mass is 127. The molecule has 1 N–H and O–H groups in total. The lowest BCUT2D eigenvalue weighted by atomic mass is 10.2. The van der Waals surface area contributed by atoms with Gasteiger partial charge in [-0.2, -0.15) is 0 Å². The summed E-state index contributed by atoms with van der Waals surface area (Å²) < 4.78 is 24.7. The van der Waals surface area contributed by atoms with E-state index in [2.05, 4.69) is 44.4 Å². The molecule has 1 saturated heterocycles. The van der Waals surface area contributed by atoms with Gasteiger partial charge in [0, 0.05) is 58.5 Å². The van der Waals surface area contributed by atoms with E-state index in [0.29, 0.717) is 19.6 Å². The number of aliphatic imine (C=N–C) groups is 1. The fourth-order valence-corrected chi connectivity index (χ4v) is 4.09. The second-order valence-electron chi connectivity index (χ2n) is 6.39. The highest BCUT2D eigenvalue weighted by Gasteiger charge is 2.20. The summed E-state index contributed by atoms with van der Waals surface area (Å²) in [5.41, 5.74) is 1.26. The van der Waals surface area contributed by atoms with Crippen LogP contribution in [-0.4, -0.2) is 82.7 Å². The molecule has 0 unspecified atom stereocenters. The lowest BCUT2D eigenvalue weighted by Gasteiger charge is -2.37. The molecule has 2 rings (SSSR count). The summed E-state index contributed by atoms with van der Waals surface area (Å²) in [5, 5.41) is 3.36. The van der Waals surface area contributed by atoms with E-state index in [4.69, 9.17) is 0 Å². The molecular formula is C18H32IN5O2S. The standard InChI is InChI=1S/C18H31N5O2S.HI/c1-4-23(26(3,24)25)12-8-11-20-18(19-2)22-15-13-21(14-16-22)17-9-6-5-7-10-17;/h5-7,9-10H,4,8,11-16H2,1-3H3,(H,19,20);1H. The van der Waals surface area contributed by atoms with E-state index >= 15 is 0 Å². The van der Waals surface area contributed by atoms with Crippen LogP contribution in [0.5, 0.6) is 0 Å². The van der Waals surface area contributed by atoms with Crippen LogP contribution in [-0.2, 0) is 10.0 Å². The largest absolute Gasteiger partial charge is 0.368 e. The molecule has 0 atom stereocenters. The van der Waals surface area contributed by atoms with Crippen LogP contribution in [0.3, 0.4) is 0 Å². The lowest BCUT2D eigenvalue weighted by molar-refractivity contribution is 0.370. The molecule has 1 aromatic carbocycles. The zero-order chi connectivity index (χ0) is 19.0. The average molecular weight is 509 g/mol. The molecule has 1 aliphatic rings. The molecule has 1 aliphatic heterocycles. The Bertz CT molecular complexity index is 676. The molecule has 27 heavy (non-hydrogen) atoms. The Morgan fingerprint density at radius 2 is 1.81 bits per heavy atom. The van der Waals surface area contributed by atoms with Crippen molar-refractivity contribution in [2.75, 3.05) is 64.0 Å². The van der Waals surface area contributed by atoms with Crippen molar-refractivity contribution in [3.05, 3.63) is 30.3 Å². The van der Waals surface area contributed by atoms with Crippen molar-refractivity contribution in [3.63, 3.8) is 0 Å². The van der Waals surface area contributed by atoms with Crippen LogP contribution in [0.4, 0.5) is 5.69 Å². The number of nitrogens with one attached hydrogen (secondary N) is 1. The van der Waals surface area contributed by atoms with E-state index in [9.17, 15) is 8.42 Å². The number of benzene rings is 1. The Morgan fingerprint density at radius 1 is 1.19 bits per heavy atom. The van der Waals surface area contributed by atoms with Crippen LogP contribution >= 0.6 is 24.0 Å². The number of piperazine rings is 1. The van der Waals surface area contributed by atoms with Gasteiger partial charge in [0.2, 0.25) is 10.0 Å². The van der Waals surface area contributed by atoms with E-state index in [0.717, 1.165) is 38.6 Å². The lowest BCUT2D eigenvalue weighted by Crippen LogP contribution is -2.52. The molecule has 1 aromatic rings. The summed E-state index contributed by atoms with van der Waals surface area (Å²) in [7, 11) is -1.32. The summed E-state index contributed by atoms with van der Waals surface area (Å²) >= 11 is 0. The van der Waals surface area contributed by atoms with Gasteiger partial charge in [-0.15, -0.1) is 24.0 Å². The molecule has 0 aliphatic carbocycles. The van der Waals surface area contributed by atoms with Crippen LogP contribution in [0.2, 0.25) is 0 Å². The first-order chi connectivity index (χ1) is 12.5. The number of halogens is 1. The monoisotopic (exact) mass is 509 g/mol. The van der Waals surface area contributed by atoms with Gasteiger partial charge in [0.25, 0.3) is 0 Å². The molecule has 0 spiro atoms. The van der Waals surface area contributed by atoms with E-state index in [1.165, 1.54) is 16.2 Å². The van der Waals surface area contributed by atoms with Crippen LogP contribution in [0, 0.1) is 0 Å². The summed E-state index contributed by atoms with van der Waals surface area (Å²) in [5.74, 6) is 0.889. The zero-order valence-corrected chi connectivity index (χ0v) is 19.6. The van der Waals surface area contributed by atoms with E-state index in [1.807, 2.05) is 13.0 Å². The molecule has 0 saturated carbocycles. The highest BCUT2D eigenvalue weighted by molar-refractivity contribution is 14.0. The van der Waals surface area contributed by atoms with Crippen molar-refractivity contribution in [3.8, 4) is 0 Å². The average Bonchev–Trinajstić information content (AvgIpc) is 2.65. The van der Waals surface area contributed by atoms with Crippen molar-refractivity contribution in [2.24, 2.45) is 4.99 Å². The van der Waals surface area contributed by atoms with E-state index in [-0.39, 0.29) is 24.0 Å². The topological polar surface area (TPSA) is 68.2 Å². The van der Waals surface area contributed by atoms with Crippen molar-refractivity contribution >= 4 is 45.6 Å². The number of nitrogens with zero attached hydrogens (tertiary/aromatic N) is 4. The zero-order valence-electron chi connectivity index (χ0n) is 16.5. The van der Waals surface area contributed by atoms with Gasteiger partial charge in [0.15, 0.2) is 5.96 Å². The van der Waals surface area contributed by atoms with Gasteiger partial charge in [-0.1, -0.05) is 25.1 Å². The Balaban J connectivity index is 0.00000364. The number of sulfonamides is 1. The van der Waals surface area contributed by atoms with Crippen molar-refractivity contribution < 1.29 is 8.42 Å². The Hall–Kier alpha value is -1.07. The molecule has 9 heteroatoms. The Morgan fingerprint density at radius 3 is 2.33 bits per heavy atom. The molecule has 0 amide bonds. The molecule has 1 heterocycles. The summed E-state index contributed by atoms with van der Waals surface area (Å²) in [6.07, 6.45) is 2.01. The van der Waals surface area contributed by atoms with Gasteiger partial charge in [0.05, 0.1) is 6.26 Å². The van der Waals surface area contributed by atoms with Gasteiger partial charge < -0.3 is 15.1 Å². The molecule has 1 fully saturated rings. The van der Waals surface area contributed by atoms with Crippen LogP contribution < -0.4 is 10.2 Å². The highest BCUT2D eigenvalue weighted by Crippen LogP contribution is 2.15. The third kappa shape index (κ3) is 7.46. The predicted molar refractivity (Wildman–Crippen MR) is 124 cm³/mol. The fraction of sp³-hybridized carbons (Fsp3) is 0.611. The molecule has 0 bridgehead atoms. The van der Waals surface area contributed by atoms with Crippen molar-refractivity contribution in [2.45, 2.75) is 13.3 Å². The third-order valence-corrected chi connectivity index (χ3v) is 5.98. The minimum Gasteiger partial charge on any atom is -0.368 e. The van der Waals surface area contributed by atoms with Gasteiger partial charge >= 0.3 is 0 Å². The number of anilines is 1. The summed E-state index contributed by atoms with van der Waals surface area (Å²) in [6, 6.07) is 10.5. The number of hydrogen-bond donors (Lipinski definition) is 1. The van der Waals surface area contributed by atoms with Crippen molar-refractivity contribution in [1.82, 2.24) is 14.5 Å². The van der Waals surface area contributed by atoms with Gasteiger partial charge in [0.1, 0.15) is 0 Å². The smallest absolute Gasteiger partial charge is 0.211 e. The molecule has 154 valence electrons. The number of hydrogen-bond acceptors (Lipinski definition) is 4. The minimum atomic E-state index is -3.11. The normalized spacial score (nSPS) is 15.6. The summed E-state index contributed by atoms with van der Waals surface area (Å²) in [6.45, 7) is 7.36. The van der Waals surface area contributed by atoms with Gasteiger partial charge in [-0.3, -0.25) is 4.99 Å². The molecule has 0 radical (unpaired) electrons. The van der Waals surface area contributed by atoms with E-state index in [1.54, 1.807) is 7.05 Å². The number of guanidine groups is 1.